The predicted molar refractivity (Wildman–Crippen MR) is 79.8 cm³/mol. The third-order valence-corrected chi connectivity index (χ3v) is 3.10. The van der Waals surface area contributed by atoms with Crippen LogP contribution in [0.1, 0.15) is 15.9 Å². The Labute approximate surface area is 120 Å². The number of H-pyrrole nitrogens is 1. The summed E-state index contributed by atoms with van der Waals surface area (Å²) in [6, 6.07) is 13.1. The van der Waals surface area contributed by atoms with Crippen molar-refractivity contribution in [3.63, 3.8) is 0 Å². The molecular formula is C16H12FN3O. The Morgan fingerprint density at radius 1 is 1.14 bits per heavy atom. The van der Waals surface area contributed by atoms with Crippen LogP contribution in [-0.4, -0.2) is 17.1 Å². The van der Waals surface area contributed by atoms with Gasteiger partial charge in [0.2, 0.25) is 0 Å². The normalized spacial score (nSPS) is 11.1. The number of aromatic amines is 1. The lowest BCUT2D eigenvalue weighted by Gasteiger charge is -1.99. The van der Waals surface area contributed by atoms with Gasteiger partial charge in [0.05, 0.1) is 6.21 Å². The molecule has 0 fully saturated rings. The van der Waals surface area contributed by atoms with E-state index in [1.165, 1.54) is 24.3 Å². The van der Waals surface area contributed by atoms with Crippen LogP contribution in [0.4, 0.5) is 4.39 Å². The monoisotopic (exact) mass is 281 g/mol. The number of carbonyl (C=O) groups is 1. The van der Waals surface area contributed by atoms with Gasteiger partial charge in [-0.2, -0.15) is 5.10 Å². The molecule has 21 heavy (non-hydrogen) atoms. The number of nitrogens with zero attached hydrogens (tertiary/aromatic N) is 1. The van der Waals surface area contributed by atoms with Gasteiger partial charge >= 0.3 is 0 Å². The van der Waals surface area contributed by atoms with E-state index in [0.717, 1.165) is 16.5 Å². The van der Waals surface area contributed by atoms with Crippen molar-refractivity contribution in [2.75, 3.05) is 0 Å². The first kappa shape index (κ1) is 13.1. The fourth-order valence-corrected chi connectivity index (χ4v) is 2.03. The average molecular weight is 281 g/mol. The van der Waals surface area contributed by atoms with Crippen molar-refractivity contribution in [1.29, 1.82) is 0 Å². The molecule has 0 saturated carbocycles. The SMILES string of the molecule is O=C(N/N=C/c1c[nH]c2ccccc12)c1ccc(F)cc1. The van der Waals surface area contributed by atoms with E-state index in [0.29, 0.717) is 5.56 Å². The standard InChI is InChI=1S/C16H12FN3O/c17-13-7-5-11(6-8-13)16(21)20-19-10-12-9-18-15-4-2-1-3-14(12)15/h1-10,18H,(H,20,21)/b19-10+. The molecule has 2 N–H and O–H groups in total. The van der Waals surface area contributed by atoms with E-state index in [9.17, 15) is 9.18 Å². The first-order chi connectivity index (χ1) is 10.2. The number of halogens is 1. The zero-order valence-electron chi connectivity index (χ0n) is 11.0. The molecule has 0 atom stereocenters. The zero-order valence-corrected chi connectivity index (χ0v) is 11.0. The minimum atomic E-state index is -0.383. The van der Waals surface area contributed by atoms with Crippen LogP contribution in [0.3, 0.4) is 0 Å². The molecule has 0 saturated heterocycles. The van der Waals surface area contributed by atoms with E-state index >= 15 is 0 Å². The number of para-hydroxylation sites is 1. The van der Waals surface area contributed by atoms with Gasteiger partial charge in [-0.05, 0) is 30.3 Å². The zero-order chi connectivity index (χ0) is 14.7. The summed E-state index contributed by atoms with van der Waals surface area (Å²) in [6.07, 6.45) is 3.39. The molecule has 0 aliphatic heterocycles. The molecule has 2 aromatic carbocycles. The molecule has 1 amide bonds. The number of hydrogen-bond acceptors (Lipinski definition) is 2. The van der Waals surface area contributed by atoms with Crippen LogP contribution in [-0.2, 0) is 0 Å². The third kappa shape index (κ3) is 2.81. The topological polar surface area (TPSA) is 57.2 Å². The van der Waals surface area contributed by atoms with Crippen molar-refractivity contribution in [1.82, 2.24) is 10.4 Å². The minimum absolute atomic E-state index is 0.354. The first-order valence-corrected chi connectivity index (χ1v) is 6.39. The van der Waals surface area contributed by atoms with Crippen LogP contribution >= 0.6 is 0 Å². The molecule has 0 spiro atoms. The molecule has 0 unspecified atom stereocenters. The van der Waals surface area contributed by atoms with Gasteiger partial charge in [-0.15, -0.1) is 0 Å². The average Bonchev–Trinajstić information content (AvgIpc) is 2.91. The summed E-state index contributed by atoms with van der Waals surface area (Å²) >= 11 is 0. The second-order valence-electron chi connectivity index (χ2n) is 4.50. The number of nitrogens with one attached hydrogen (secondary N) is 2. The van der Waals surface area contributed by atoms with Crippen molar-refractivity contribution in [2.45, 2.75) is 0 Å². The summed E-state index contributed by atoms with van der Waals surface area (Å²) in [5.41, 5.74) is 4.65. The molecule has 0 radical (unpaired) electrons. The van der Waals surface area contributed by atoms with Crippen molar-refractivity contribution < 1.29 is 9.18 Å². The summed E-state index contributed by atoms with van der Waals surface area (Å²) in [7, 11) is 0. The van der Waals surface area contributed by atoms with Gasteiger partial charge in [0.1, 0.15) is 5.82 Å². The Morgan fingerprint density at radius 3 is 2.71 bits per heavy atom. The summed E-state index contributed by atoms with van der Waals surface area (Å²) in [5.74, 6) is -0.764. The highest BCUT2D eigenvalue weighted by molar-refractivity contribution is 6.00. The summed E-state index contributed by atoms with van der Waals surface area (Å²) < 4.78 is 12.8. The second-order valence-corrected chi connectivity index (χ2v) is 4.50. The van der Waals surface area contributed by atoms with Crippen LogP contribution in [0.15, 0.2) is 59.8 Å². The number of amides is 1. The van der Waals surface area contributed by atoms with E-state index in [2.05, 4.69) is 15.5 Å². The van der Waals surface area contributed by atoms with Crippen LogP contribution in [0.2, 0.25) is 0 Å². The molecule has 5 heteroatoms. The first-order valence-electron chi connectivity index (χ1n) is 6.39. The van der Waals surface area contributed by atoms with Gasteiger partial charge in [0.25, 0.3) is 5.91 Å². The fraction of sp³-hybridized carbons (Fsp3) is 0. The number of carbonyl (C=O) groups excluding carboxylic acids is 1. The summed E-state index contributed by atoms with van der Waals surface area (Å²) in [4.78, 5) is 14.9. The maximum Gasteiger partial charge on any atom is 0.271 e. The largest absolute Gasteiger partial charge is 0.361 e. The highest BCUT2D eigenvalue weighted by Crippen LogP contribution is 2.15. The second kappa shape index (κ2) is 5.58. The minimum Gasteiger partial charge on any atom is -0.361 e. The van der Waals surface area contributed by atoms with Gasteiger partial charge in [0.15, 0.2) is 0 Å². The van der Waals surface area contributed by atoms with Crippen LogP contribution in [0.25, 0.3) is 10.9 Å². The van der Waals surface area contributed by atoms with E-state index in [4.69, 9.17) is 0 Å². The Kier molecular flexibility index (Phi) is 3.47. The number of rotatable bonds is 3. The summed E-state index contributed by atoms with van der Waals surface area (Å²) in [6.45, 7) is 0. The number of benzene rings is 2. The van der Waals surface area contributed by atoms with Gasteiger partial charge < -0.3 is 4.98 Å². The predicted octanol–water partition coefficient (Wildman–Crippen LogP) is 3.07. The molecule has 1 aromatic heterocycles. The smallest absolute Gasteiger partial charge is 0.271 e. The van der Waals surface area contributed by atoms with Gasteiger partial charge in [-0.25, -0.2) is 9.82 Å². The quantitative estimate of drug-likeness (QED) is 0.562. The maximum absolute atomic E-state index is 12.8. The molecule has 4 nitrogen and oxygen atoms in total. The van der Waals surface area contributed by atoms with Crippen molar-refractivity contribution in [2.24, 2.45) is 5.10 Å². The Hall–Kier alpha value is -2.95. The number of hydrogen-bond donors (Lipinski definition) is 2. The highest BCUT2D eigenvalue weighted by Gasteiger charge is 2.04. The molecule has 1 heterocycles. The Bertz CT molecular complexity index is 806. The van der Waals surface area contributed by atoms with Crippen LogP contribution in [0, 0.1) is 5.82 Å². The molecule has 3 rings (SSSR count). The van der Waals surface area contributed by atoms with E-state index in [-0.39, 0.29) is 11.7 Å². The Balaban J connectivity index is 1.72. The molecule has 104 valence electrons. The lowest BCUT2D eigenvalue weighted by molar-refractivity contribution is 0.0955. The maximum atomic E-state index is 12.8. The highest BCUT2D eigenvalue weighted by atomic mass is 19.1. The fourth-order valence-electron chi connectivity index (χ4n) is 2.03. The van der Waals surface area contributed by atoms with Crippen molar-refractivity contribution in [3.8, 4) is 0 Å². The van der Waals surface area contributed by atoms with Crippen LogP contribution < -0.4 is 5.43 Å². The van der Waals surface area contributed by atoms with Crippen LogP contribution in [0.5, 0.6) is 0 Å². The molecule has 3 aromatic rings. The lowest BCUT2D eigenvalue weighted by Crippen LogP contribution is -2.17. The number of hydrazone groups is 1. The number of fused-ring (bicyclic) bond motifs is 1. The van der Waals surface area contributed by atoms with Crippen molar-refractivity contribution in [3.05, 3.63) is 71.7 Å². The molecule has 0 aliphatic carbocycles. The van der Waals surface area contributed by atoms with Gasteiger partial charge in [-0.3, -0.25) is 4.79 Å². The molecule has 0 aliphatic rings. The molecular weight excluding hydrogens is 269 g/mol. The number of aromatic nitrogens is 1. The van der Waals surface area contributed by atoms with Gasteiger partial charge in [-0.1, -0.05) is 18.2 Å². The van der Waals surface area contributed by atoms with E-state index in [1.807, 2.05) is 30.5 Å². The molecule has 0 bridgehead atoms. The van der Waals surface area contributed by atoms with Crippen molar-refractivity contribution >= 4 is 23.0 Å². The lowest BCUT2D eigenvalue weighted by atomic mass is 10.2. The Morgan fingerprint density at radius 2 is 1.90 bits per heavy atom. The summed E-state index contributed by atoms with van der Waals surface area (Å²) in [5, 5.41) is 4.95. The van der Waals surface area contributed by atoms with E-state index in [1.54, 1.807) is 6.21 Å². The van der Waals surface area contributed by atoms with Gasteiger partial charge in [0, 0.05) is 28.2 Å². The third-order valence-electron chi connectivity index (χ3n) is 3.10. The van der Waals surface area contributed by atoms with E-state index < -0.39 is 0 Å².